The number of anilines is 1. The van der Waals surface area contributed by atoms with Crippen LogP contribution in [0, 0.1) is 0 Å². The summed E-state index contributed by atoms with van der Waals surface area (Å²) in [6.07, 6.45) is 3.40. The van der Waals surface area contributed by atoms with Gasteiger partial charge in [-0.25, -0.2) is 9.97 Å². The lowest BCUT2D eigenvalue weighted by atomic mass is 9.89. The molecule has 0 aliphatic carbocycles. The molecule has 2 fully saturated rings. The van der Waals surface area contributed by atoms with Crippen molar-refractivity contribution < 1.29 is 5.11 Å². The van der Waals surface area contributed by atoms with Crippen LogP contribution in [0.1, 0.15) is 23.5 Å². The normalized spacial score (nSPS) is 21.8. The van der Waals surface area contributed by atoms with Crippen LogP contribution >= 0.6 is 11.3 Å². The molecule has 26 heavy (non-hydrogen) atoms. The van der Waals surface area contributed by atoms with Crippen LogP contribution in [0.2, 0.25) is 0 Å². The number of hydrogen-bond acceptors (Lipinski definition) is 7. The highest BCUT2D eigenvalue weighted by Crippen LogP contribution is 2.33. The molecule has 2 aromatic heterocycles. The van der Waals surface area contributed by atoms with E-state index in [1.165, 1.54) is 0 Å². The summed E-state index contributed by atoms with van der Waals surface area (Å²) in [7, 11) is 2.11. The summed E-state index contributed by atoms with van der Waals surface area (Å²) in [4.78, 5) is 16.3. The lowest BCUT2D eigenvalue weighted by Gasteiger charge is -2.35. The third-order valence-corrected chi connectivity index (χ3v) is 6.38. The van der Waals surface area contributed by atoms with Crippen molar-refractivity contribution in [3.8, 4) is 0 Å². The Morgan fingerprint density at radius 1 is 1.12 bits per heavy atom. The molecule has 2 aliphatic heterocycles. The largest absolute Gasteiger partial charge is 0.383 e. The number of rotatable bonds is 4. The Labute approximate surface area is 159 Å². The predicted molar refractivity (Wildman–Crippen MR) is 104 cm³/mol. The Hall–Kier alpha value is -1.54. The van der Waals surface area contributed by atoms with Crippen molar-refractivity contribution in [1.29, 1.82) is 0 Å². The highest BCUT2D eigenvalue weighted by atomic mass is 32.1. The molecule has 4 heterocycles. The first-order chi connectivity index (χ1) is 12.6. The minimum Gasteiger partial charge on any atom is -0.383 e. The minimum absolute atomic E-state index is 0.737. The number of aliphatic hydroxyl groups is 1. The molecule has 0 amide bonds. The zero-order valence-electron chi connectivity index (χ0n) is 15.3. The van der Waals surface area contributed by atoms with Crippen LogP contribution in [0.3, 0.4) is 0 Å². The molecular weight excluding hydrogens is 346 g/mol. The molecule has 2 aromatic rings. The molecule has 2 aliphatic rings. The van der Waals surface area contributed by atoms with E-state index in [1.54, 1.807) is 11.3 Å². The fourth-order valence-electron chi connectivity index (χ4n) is 3.71. The molecule has 0 spiro atoms. The molecular formula is C19H27N5OS. The van der Waals surface area contributed by atoms with Gasteiger partial charge in [0.1, 0.15) is 16.4 Å². The Kier molecular flexibility index (Phi) is 5.22. The van der Waals surface area contributed by atoms with E-state index in [0.29, 0.717) is 0 Å². The molecule has 4 rings (SSSR count). The first-order valence-corrected chi connectivity index (χ1v) is 10.2. The van der Waals surface area contributed by atoms with Gasteiger partial charge in [-0.2, -0.15) is 0 Å². The molecule has 1 N–H and O–H groups in total. The van der Waals surface area contributed by atoms with Gasteiger partial charge in [0.2, 0.25) is 0 Å². The average Bonchev–Trinajstić information content (AvgIpc) is 3.15. The standard InChI is InChI=1S/C19H27N5OS/c1-22-8-5-19(25,6-9-22)16-15-26-18(21-16)14-23-10-12-24(13-11-23)17-4-2-3-7-20-17/h2-4,7,15,25H,5-6,8-14H2,1H3. The summed E-state index contributed by atoms with van der Waals surface area (Å²) in [5, 5.41) is 14.1. The quantitative estimate of drug-likeness (QED) is 0.882. The van der Waals surface area contributed by atoms with E-state index in [9.17, 15) is 5.11 Å². The third kappa shape index (κ3) is 3.91. The number of hydrogen-bond donors (Lipinski definition) is 1. The maximum atomic E-state index is 10.9. The third-order valence-electron chi connectivity index (χ3n) is 5.55. The fraction of sp³-hybridized carbons (Fsp3) is 0.579. The smallest absolute Gasteiger partial charge is 0.128 e. The number of piperazine rings is 1. The Morgan fingerprint density at radius 3 is 2.58 bits per heavy atom. The Morgan fingerprint density at radius 2 is 1.88 bits per heavy atom. The summed E-state index contributed by atoms with van der Waals surface area (Å²) in [6, 6.07) is 6.07. The number of aromatic nitrogens is 2. The number of nitrogens with zero attached hydrogens (tertiary/aromatic N) is 5. The van der Waals surface area contributed by atoms with Crippen LogP contribution < -0.4 is 4.90 Å². The second-order valence-electron chi connectivity index (χ2n) is 7.41. The van der Waals surface area contributed by atoms with E-state index in [1.807, 2.05) is 18.3 Å². The monoisotopic (exact) mass is 373 g/mol. The molecule has 140 valence electrons. The van der Waals surface area contributed by atoms with Gasteiger partial charge in [0.15, 0.2) is 0 Å². The second-order valence-corrected chi connectivity index (χ2v) is 8.36. The van der Waals surface area contributed by atoms with Gasteiger partial charge < -0.3 is 14.9 Å². The van der Waals surface area contributed by atoms with Crippen molar-refractivity contribution in [1.82, 2.24) is 19.8 Å². The molecule has 2 saturated heterocycles. The van der Waals surface area contributed by atoms with E-state index in [4.69, 9.17) is 4.98 Å². The van der Waals surface area contributed by atoms with Gasteiger partial charge >= 0.3 is 0 Å². The van der Waals surface area contributed by atoms with Crippen molar-refractivity contribution in [3.05, 3.63) is 40.5 Å². The first-order valence-electron chi connectivity index (χ1n) is 9.36. The lowest BCUT2D eigenvalue weighted by Crippen LogP contribution is -2.46. The van der Waals surface area contributed by atoms with Crippen molar-refractivity contribution in [2.45, 2.75) is 25.0 Å². The predicted octanol–water partition coefficient (Wildman–Crippen LogP) is 1.77. The molecule has 7 heteroatoms. The van der Waals surface area contributed by atoms with Crippen LogP contribution in [-0.4, -0.2) is 71.2 Å². The van der Waals surface area contributed by atoms with Gasteiger partial charge in [0.25, 0.3) is 0 Å². The first kappa shape index (κ1) is 17.9. The molecule has 0 unspecified atom stereocenters. The van der Waals surface area contributed by atoms with E-state index in [2.05, 4.69) is 38.2 Å². The molecule has 0 aromatic carbocycles. The van der Waals surface area contributed by atoms with Crippen LogP contribution in [-0.2, 0) is 12.1 Å². The molecule has 0 bridgehead atoms. The average molecular weight is 374 g/mol. The van der Waals surface area contributed by atoms with Gasteiger partial charge in [-0.1, -0.05) is 6.07 Å². The van der Waals surface area contributed by atoms with Crippen molar-refractivity contribution in [2.24, 2.45) is 0 Å². The van der Waals surface area contributed by atoms with Crippen molar-refractivity contribution >= 4 is 17.2 Å². The SMILES string of the molecule is CN1CCC(O)(c2csc(CN3CCN(c4ccccn4)CC3)n2)CC1. The maximum absolute atomic E-state index is 10.9. The summed E-state index contributed by atoms with van der Waals surface area (Å²) < 4.78 is 0. The van der Waals surface area contributed by atoms with Crippen LogP contribution in [0.5, 0.6) is 0 Å². The Bertz CT molecular complexity index is 706. The number of likely N-dealkylation sites (tertiary alicyclic amines) is 1. The van der Waals surface area contributed by atoms with Gasteiger partial charge in [0, 0.05) is 50.8 Å². The van der Waals surface area contributed by atoms with E-state index in [0.717, 1.165) is 75.2 Å². The maximum Gasteiger partial charge on any atom is 0.128 e. The zero-order chi connectivity index (χ0) is 18.0. The van der Waals surface area contributed by atoms with Gasteiger partial charge in [0.05, 0.1) is 12.2 Å². The Balaban J connectivity index is 1.33. The highest BCUT2D eigenvalue weighted by molar-refractivity contribution is 7.09. The molecule has 6 nitrogen and oxygen atoms in total. The van der Waals surface area contributed by atoms with Crippen molar-refractivity contribution in [2.75, 3.05) is 51.2 Å². The van der Waals surface area contributed by atoms with Crippen LogP contribution in [0.15, 0.2) is 29.8 Å². The lowest BCUT2D eigenvalue weighted by molar-refractivity contribution is -0.0235. The topological polar surface area (TPSA) is 55.7 Å². The highest BCUT2D eigenvalue weighted by Gasteiger charge is 2.35. The second kappa shape index (κ2) is 7.60. The van der Waals surface area contributed by atoms with E-state index in [-0.39, 0.29) is 0 Å². The number of pyridine rings is 1. The van der Waals surface area contributed by atoms with Gasteiger partial charge in [-0.15, -0.1) is 11.3 Å². The number of thiazole rings is 1. The summed E-state index contributed by atoms with van der Waals surface area (Å²) in [6.45, 7) is 6.74. The summed E-state index contributed by atoms with van der Waals surface area (Å²) in [5.41, 5.74) is 0.136. The summed E-state index contributed by atoms with van der Waals surface area (Å²) in [5.74, 6) is 1.06. The number of piperidine rings is 1. The molecule has 0 radical (unpaired) electrons. The summed E-state index contributed by atoms with van der Waals surface area (Å²) >= 11 is 1.68. The molecule has 0 saturated carbocycles. The fourth-order valence-corrected chi connectivity index (χ4v) is 4.64. The molecule has 0 atom stereocenters. The van der Waals surface area contributed by atoms with E-state index < -0.39 is 5.60 Å². The van der Waals surface area contributed by atoms with Gasteiger partial charge in [-0.3, -0.25) is 4.90 Å². The van der Waals surface area contributed by atoms with E-state index >= 15 is 0 Å². The van der Waals surface area contributed by atoms with Gasteiger partial charge in [-0.05, 0) is 32.0 Å². The van der Waals surface area contributed by atoms with Crippen LogP contribution in [0.25, 0.3) is 0 Å². The minimum atomic E-state index is -0.737. The van der Waals surface area contributed by atoms with Crippen molar-refractivity contribution in [3.63, 3.8) is 0 Å². The zero-order valence-corrected chi connectivity index (χ0v) is 16.2. The van der Waals surface area contributed by atoms with Crippen LogP contribution in [0.4, 0.5) is 5.82 Å².